The van der Waals surface area contributed by atoms with Gasteiger partial charge in [0.15, 0.2) is 5.76 Å². The van der Waals surface area contributed by atoms with E-state index in [1.54, 1.807) is 20.3 Å². The minimum absolute atomic E-state index is 0.158. The summed E-state index contributed by atoms with van der Waals surface area (Å²) < 4.78 is 24.3. The van der Waals surface area contributed by atoms with Gasteiger partial charge in [-0.25, -0.2) is 0 Å². The van der Waals surface area contributed by atoms with Crippen LogP contribution in [0.3, 0.4) is 0 Å². The maximum atomic E-state index is 13.4. The number of fused-ring (bicyclic) bond motifs is 1. The minimum Gasteiger partial charge on any atom is -0.496 e. The van der Waals surface area contributed by atoms with Gasteiger partial charge < -0.3 is 18.6 Å². The maximum absolute atomic E-state index is 13.4. The summed E-state index contributed by atoms with van der Waals surface area (Å²) in [6.45, 7) is 2.15. The predicted octanol–water partition coefficient (Wildman–Crippen LogP) is 5.97. The Bertz CT molecular complexity index is 1270. The predicted molar refractivity (Wildman–Crippen MR) is 129 cm³/mol. The SMILES string of the molecule is COc1cc(-c2oc3cc(I)ccc3c(=O)c2OCc2ccccc2)cc(OC)c1C. The molecule has 0 unspecified atom stereocenters. The average Bonchev–Trinajstić information content (AvgIpc) is 2.79. The maximum Gasteiger partial charge on any atom is 0.235 e. The number of methoxy groups -OCH3 is 2. The molecule has 0 aliphatic carbocycles. The van der Waals surface area contributed by atoms with Gasteiger partial charge in [0.1, 0.15) is 23.7 Å². The number of hydrogen-bond donors (Lipinski definition) is 0. The minimum atomic E-state index is -0.220. The number of rotatable bonds is 6. The first kappa shape index (κ1) is 21.2. The molecule has 0 aliphatic heterocycles. The van der Waals surface area contributed by atoms with Crippen molar-refractivity contribution in [1.29, 1.82) is 0 Å². The first-order chi connectivity index (χ1) is 15.0. The van der Waals surface area contributed by atoms with Crippen molar-refractivity contribution >= 4 is 33.6 Å². The fourth-order valence-electron chi connectivity index (χ4n) is 3.42. The Balaban J connectivity index is 1.93. The molecule has 5 nitrogen and oxygen atoms in total. The van der Waals surface area contributed by atoms with Gasteiger partial charge in [0.25, 0.3) is 0 Å². The van der Waals surface area contributed by atoms with Crippen LogP contribution in [0.1, 0.15) is 11.1 Å². The Morgan fingerprint density at radius 2 is 1.61 bits per heavy atom. The van der Waals surface area contributed by atoms with Gasteiger partial charge in [0.2, 0.25) is 11.2 Å². The zero-order valence-corrected chi connectivity index (χ0v) is 19.6. The van der Waals surface area contributed by atoms with Crippen LogP contribution in [0.5, 0.6) is 17.2 Å². The second kappa shape index (κ2) is 9.01. The lowest BCUT2D eigenvalue weighted by molar-refractivity contribution is 0.298. The zero-order valence-electron chi connectivity index (χ0n) is 17.4. The van der Waals surface area contributed by atoms with Crippen molar-refractivity contribution in [3.63, 3.8) is 0 Å². The van der Waals surface area contributed by atoms with Gasteiger partial charge in [-0.05, 0) is 65.4 Å². The standard InChI is InChI=1S/C25H21IO5/c1-15-20(28-2)11-17(12-21(15)29-3)24-25(30-14-16-7-5-4-6-8-16)23(27)19-10-9-18(26)13-22(19)31-24/h4-13H,14H2,1-3H3. The van der Waals surface area contributed by atoms with E-state index in [1.165, 1.54) is 0 Å². The topological polar surface area (TPSA) is 57.9 Å². The quantitative estimate of drug-likeness (QED) is 0.289. The molecule has 1 heterocycles. The van der Waals surface area contributed by atoms with Gasteiger partial charge in [-0.15, -0.1) is 0 Å². The smallest absolute Gasteiger partial charge is 0.235 e. The molecule has 0 amide bonds. The lowest BCUT2D eigenvalue weighted by atomic mass is 10.1. The molecule has 0 aliphatic rings. The van der Waals surface area contributed by atoms with Gasteiger partial charge in [-0.3, -0.25) is 4.79 Å². The van der Waals surface area contributed by atoms with E-state index in [4.69, 9.17) is 18.6 Å². The summed E-state index contributed by atoms with van der Waals surface area (Å²) in [6.07, 6.45) is 0. The summed E-state index contributed by atoms with van der Waals surface area (Å²) in [5.74, 6) is 1.76. The molecule has 0 N–H and O–H groups in total. The van der Waals surface area contributed by atoms with Crippen molar-refractivity contribution in [2.45, 2.75) is 13.5 Å². The van der Waals surface area contributed by atoms with Crippen molar-refractivity contribution in [3.8, 4) is 28.6 Å². The van der Waals surface area contributed by atoms with E-state index in [1.807, 2.05) is 61.5 Å². The van der Waals surface area contributed by atoms with E-state index in [-0.39, 0.29) is 17.8 Å². The second-order valence-electron chi connectivity index (χ2n) is 7.01. The van der Waals surface area contributed by atoms with Crippen molar-refractivity contribution < 1.29 is 18.6 Å². The summed E-state index contributed by atoms with van der Waals surface area (Å²) >= 11 is 2.19. The molecule has 0 saturated carbocycles. The van der Waals surface area contributed by atoms with Crippen molar-refractivity contribution in [1.82, 2.24) is 0 Å². The van der Waals surface area contributed by atoms with E-state index in [0.717, 1.165) is 14.7 Å². The number of benzene rings is 3. The molecule has 0 spiro atoms. The van der Waals surface area contributed by atoms with Gasteiger partial charge in [0.05, 0.1) is 19.6 Å². The highest BCUT2D eigenvalue weighted by Crippen LogP contribution is 2.38. The highest BCUT2D eigenvalue weighted by molar-refractivity contribution is 14.1. The van der Waals surface area contributed by atoms with Crippen LogP contribution in [0, 0.1) is 10.5 Å². The summed E-state index contributed by atoms with van der Waals surface area (Å²) in [4.78, 5) is 13.4. The summed E-state index contributed by atoms with van der Waals surface area (Å²) in [7, 11) is 3.19. The second-order valence-corrected chi connectivity index (χ2v) is 8.26. The molecule has 158 valence electrons. The molecule has 3 aromatic carbocycles. The summed E-state index contributed by atoms with van der Waals surface area (Å²) in [5, 5.41) is 0.471. The van der Waals surface area contributed by atoms with Crippen LogP contribution in [0.15, 0.2) is 69.9 Å². The average molecular weight is 528 g/mol. The zero-order chi connectivity index (χ0) is 22.0. The molecule has 6 heteroatoms. The highest BCUT2D eigenvalue weighted by atomic mass is 127. The normalized spacial score (nSPS) is 10.8. The third-order valence-electron chi connectivity index (χ3n) is 5.05. The van der Waals surface area contributed by atoms with Gasteiger partial charge in [0, 0.05) is 14.7 Å². The van der Waals surface area contributed by atoms with E-state index in [2.05, 4.69) is 22.6 Å². The monoisotopic (exact) mass is 528 g/mol. The van der Waals surface area contributed by atoms with Gasteiger partial charge in [-0.1, -0.05) is 30.3 Å². The van der Waals surface area contributed by atoms with Gasteiger partial charge in [-0.2, -0.15) is 0 Å². The summed E-state index contributed by atoms with van der Waals surface area (Å²) in [5.41, 5.74) is 2.73. The van der Waals surface area contributed by atoms with Gasteiger partial charge >= 0.3 is 0 Å². The molecule has 0 saturated heterocycles. The molecule has 0 atom stereocenters. The van der Waals surface area contributed by atoms with E-state index >= 15 is 0 Å². The van der Waals surface area contributed by atoms with Crippen LogP contribution >= 0.6 is 22.6 Å². The van der Waals surface area contributed by atoms with Crippen molar-refractivity contribution in [2.75, 3.05) is 14.2 Å². The fourth-order valence-corrected chi connectivity index (χ4v) is 3.88. The molecule has 4 aromatic rings. The van der Waals surface area contributed by atoms with E-state index in [9.17, 15) is 4.79 Å². The van der Waals surface area contributed by atoms with Crippen LogP contribution in [-0.4, -0.2) is 14.2 Å². The Morgan fingerprint density at radius 1 is 0.935 bits per heavy atom. The Morgan fingerprint density at radius 3 is 2.26 bits per heavy atom. The van der Waals surface area contributed by atoms with Crippen LogP contribution < -0.4 is 19.6 Å². The fraction of sp³-hybridized carbons (Fsp3) is 0.160. The van der Waals surface area contributed by atoms with Crippen molar-refractivity contribution in [3.05, 3.63) is 85.6 Å². The first-order valence-electron chi connectivity index (χ1n) is 9.68. The number of hydrogen-bond acceptors (Lipinski definition) is 5. The molecule has 0 bridgehead atoms. The summed E-state index contributed by atoms with van der Waals surface area (Å²) in [6, 6.07) is 18.8. The molecular formula is C25H21IO5. The number of ether oxygens (including phenoxy) is 3. The molecule has 1 aromatic heterocycles. The van der Waals surface area contributed by atoms with Crippen LogP contribution in [-0.2, 0) is 6.61 Å². The van der Waals surface area contributed by atoms with E-state index < -0.39 is 0 Å². The third-order valence-corrected chi connectivity index (χ3v) is 5.72. The Labute approximate surface area is 193 Å². The number of halogens is 1. The third kappa shape index (κ3) is 4.25. The largest absolute Gasteiger partial charge is 0.496 e. The molecule has 0 radical (unpaired) electrons. The Kier molecular flexibility index (Phi) is 6.18. The molecule has 4 rings (SSSR count). The molecule has 31 heavy (non-hydrogen) atoms. The molecular weight excluding hydrogens is 507 g/mol. The highest BCUT2D eigenvalue weighted by Gasteiger charge is 2.21. The lowest BCUT2D eigenvalue weighted by Crippen LogP contribution is -2.10. The van der Waals surface area contributed by atoms with E-state index in [0.29, 0.717) is 33.8 Å². The van der Waals surface area contributed by atoms with Crippen LogP contribution in [0.4, 0.5) is 0 Å². The molecule has 0 fully saturated rings. The first-order valence-corrected chi connectivity index (χ1v) is 10.8. The lowest BCUT2D eigenvalue weighted by Gasteiger charge is -2.15. The van der Waals surface area contributed by atoms with Crippen LogP contribution in [0.25, 0.3) is 22.3 Å². The van der Waals surface area contributed by atoms with Crippen LogP contribution in [0.2, 0.25) is 0 Å². The van der Waals surface area contributed by atoms with Crippen molar-refractivity contribution in [2.24, 2.45) is 0 Å². The Hall–Kier alpha value is -3.00.